The van der Waals surface area contributed by atoms with Crippen molar-refractivity contribution in [2.45, 2.75) is 19.3 Å². The lowest BCUT2D eigenvalue weighted by atomic mass is 9.95. The number of carboxylic acids is 1. The van der Waals surface area contributed by atoms with E-state index in [0.29, 0.717) is 30.6 Å². The van der Waals surface area contributed by atoms with E-state index >= 15 is 0 Å². The molecule has 5 nitrogen and oxygen atoms in total. The normalized spacial score (nSPS) is 21.6. The molecule has 1 aliphatic carbocycles. The van der Waals surface area contributed by atoms with Crippen LogP contribution in [0.4, 0.5) is 0 Å². The number of aromatic amines is 1. The summed E-state index contributed by atoms with van der Waals surface area (Å²) in [5.41, 5.74) is 1.51. The Morgan fingerprint density at radius 1 is 1.29 bits per heavy atom. The van der Waals surface area contributed by atoms with Gasteiger partial charge in [-0.15, -0.1) is 0 Å². The minimum absolute atomic E-state index is 0.0262. The van der Waals surface area contributed by atoms with E-state index < -0.39 is 11.9 Å². The molecule has 0 bridgehead atoms. The van der Waals surface area contributed by atoms with Gasteiger partial charge in [0, 0.05) is 28.6 Å². The number of carbonyl (C=O) groups excluding carboxylic acids is 1. The van der Waals surface area contributed by atoms with E-state index in [1.54, 1.807) is 13.3 Å². The molecule has 2 unspecified atom stereocenters. The van der Waals surface area contributed by atoms with Gasteiger partial charge in [0.25, 0.3) is 0 Å². The highest BCUT2D eigenvalue weighted by molar-refractivity contribution is 6.09. The van der Waals surface area contributed by atoms with Crippen LogP contribution in [0.25, 0.3) is 10.9 Å². The molecule has 1 fully saturated rings. The van der Waals surface area contributed by atoms with E-state index in [0.717, 1.165) is 10.9 Å². The van der Waals surface area contributed by atoms with Crippen molar-refractivity contribution in [3.63, 3.8) is 0 Å². The summed E-state index contributed by atoms with van der Waals surface area (Å²) in [4.78, 5) is 26.7. The third-order valence-corrected chi connectivity index (χ3v) is 4.31. The highest BCUT2D eigenvalue weighted by atomic mass is 16.5. The van der Waals surface area contributed by atoms with E-state index in [1.807, 2.05) is 18.2 Å². The Morgan fingerprint density at radius 3 is 2.71 bits per heavy atom. The maximum atomic E-state index is 12.6. The Morgan fingerprint density at radius 2 is 2.05 bits per heavy atom. The Labute approximate surface area is 121 Å². The number of aliphatic carboxylic acids is 1. The third-order valence-electron chi connectivity index (χ3n) is 4.31. The Bertz CT molecular complexity index is 703. The molecule has 21 heavy (non-hydrogen) atoms. The van der Waals surface area contributed by atoms with E-state index in [1.165, 1.54) is 0 Å². The van der Waals surface area contributed by atoms with Crippen LogP contribution >= 0.6 is 0 Å². The standard InChI is InChI=1S/C16H17NO4/c1-21-11-4-5-14-12(7-11)13(8-17-14)15(18)9-2-3-10(6-9)16(19)20/h4-5,7-10,17H,2-3,6H2,1H3,(H,19,20). The van der Waals surface area contributed by atoms with Crippen molar-refractivity contribution in [2.75, 3.05) is 7.11 Å². The Kier molecular flexibility index (Phi) is 3.41. The number of aromatic nitrogens is 1. The number of fused-ring (bicyclic) bond motifs is 1. The lowest BCUT2D eigenvalue weighted by molar-refractivity contribution is -0.141. The number of hydrogen-bond donors (Lipinski definition) is 2. The van der Waals surface area contributed by atoms with Gasteiger partial charge in [0.15, 0.2) is 5.78 Å². The maximum Gasteiger partial charge on any atom is 0.306 e. The molecular formula is C16H17NO4. The number of carbonyl (C=O) groups is 2. The number of ketones is 1. The molecule has 0 radical (unpaired) electrons. The zero-order valence-corrected chi connectivity index (χ0v) is 11.8. The van der Waals surface area contributed by atoms with Gasteiger partial charge in [-0.1, -0.05) is 0 Å². The summed E-state index contributed by atoms with van der Waals surface area (Å²) in [6, 6.07) is 5.55. The monoisotopic (exact) mass is 287 g/mol. The fourth-order valence-electron chi connectivity index (χ4n) is 3.09. The summed E-state index contributed by atoms with van der Waals surface area (Å²) in [6.45, 7) is 0. The van der Waals surface area contributed by atoms with Gasteiger partial charge in [-0.3, -0.25) is 9.59 Å². The zero-order chi connectivity index (χ0) is 15.0. The van der Waals surface area contributed by atoms with Gasteiger partial charge in [0.05, 0.1) is 13.0 Å². The second-order valence-corrected chi connectivity index (χ2v) is 5.52. The molecule has 2 atom stereocenters. The van der Waals surface area contributed by atoms with Crippen molar-refractivity contribution in [3.8, 4) is 5.75 Å². The molecule has 1 aromatic carbocycles. The first-order chi connectivity index (χ1) is 10.1. The van der Waals surface area contributed by atoms with Crippen molar-refractivity contribution < 1.29 is 19.4 Å². The van der Waals surface area contributed by atoms with Gasteiger partial charge in [0.2, 0.25) is 0 Å². The largest absolute Gasteiger partial charge is 0.497 e. The SMILES string of the molecule is COc1ccc2[nH]cc(C(=O)C3CCC(C(=O)O)C3)c2c1. The average Bonchev–Trinajstić information content (AvgIpc) is 3.12. The lowest BCUT2D eigenvalue weighted by Gasteiger charge is -2.08. The second kappa shape index (κ2) is 5.24. The summed E-state index contributed by atoms with van der Waals surface area (Å²) < 4.78 is 5.20. The van der Waals surface area contributed by atoms with E-state index in [-0.39, 0.29) is 11.7 Å². The predicted molar refractivity (Wildman–Crippen MR) is 77.6 cm³/mol. The molecule has 2 N–H and O–H groups in total. The van der Waals surface area contributed by atoms with Crippen LogP contribution in [0.5, 0.6) is 5.75 Å². The van der Waals surface area contributed by atoms with Gasteiger partial charge < -0.3 is 14.8 Å². The van der Waals surface area contributed by atoms with Crippen molar-refractivity contribution in [3.05, 3.63) is 30.0 Å². The number of Topliss-reactive ketones (excluding diaryl/α,β-unsaturated/α-hetero) is 1. The highest BCUT2D eigenvalue weighted by Crippen LogP contribution is 2.35. The number of rotatable bonds is 4. The molecule has 0 aliphatic heterocycles. The van der Waals surface area contributed by atoms with Gasteiger partial charge in [0.1, 0.15) is 5.75 Å². The molecule has 110 valence electrons. The number of hydrogen-bond acceptors (Lipinski definition) is 3. The minimum Gasteiger partial charge on any atom is -0.497 e. The number of benzene rings is 1. The molecule has 1 saturated carbocycles. The smallest absolute Gasteiger partial charge is 0.306 e. The first-order valence-electron chi connectivity index (χ1n) is 7.02. The van der Waals surface area contributed by atoms with Crippen LogP contribution in [0.2, 0.25) is 0 Å². The van der Waals surface area contributed by atoms with Crippen LogP contribution in [-0.2, 0) is 4.79 Å². The topological polar surface area (TPSA) is 79.4 Å². The number of nitrogens with one attached hydrogen (secondary N) is 1. The minimum atomic E-state index is -0.800. The van der Waals surface area contributed by atoms with E-state index in [2.05, 4.69) is 4.98 Å². The van der Waals surface area contributed by atoms with Crippen molar-refractivity contribution in [2.24, 2.45) is 11.8 Å². The van der Waals surface area contributed by atoms with Crippen LogP contribution in [0, 0.1) is 11.8 Å². The molecular weight excluding hydrogens is 270 g/mol. The molecule has 5 heteroatoms. The number of H-pyrrole nitrogens is 1. The fourth-order valence-corrected chi connectivity index (χ4v) is 3.09. The van der Waals surface area contributed by atoms with Crippen LogP contribution in [0.1, 0.15) is 29.6 Å². The molecule has 0 saturated heterocycles. The van der Waals surface area contributed by atoms with Crippen LogP contribution in [0.3, 0.4) is 0 Å². The molecule has 0 amide bonds. The third kappa shape index (κ3) is 2.39. The van der Waals surface area contributed by atoms with Crippen LogP contribution in [-0.4, -0.2) is 29.0 Å². The van der Waals surface area contributed by atoms with Gasteiger partial charge in [-0.25, -0.2) is 0 Å². The van der Waals surface area contributed by atoms with Crippen molar-refractivity contribution in [1.82, 2.24) is 4.98 Å². The first kappa shape index (κ1) is 13.7. The lowest BCUT2D eigenvalue weighted by Crippen LogP contribution is -2.14. The van der Waals surface area contributed by atoms with Gasteiger partial charge in [-0.2, -0.15) is 0 Å². The maximum absolute atomic E-state index is 12.6. The van der Waals surface area contributed by atoms with E-state index in [4.69, 9.17) is 9.84 Å². The summed E-state index contributed by atoms with van der Waals surface area (Å²) in [5, 5.41) is 9.88. The van der Waals surface area contributed by atoms with Crippen molar-refractivity contribution >= 4 is 22.7 Å². The molecule has 1 heterocycles. The molecule has 1 aliphatic rings. The van der Waals surface area contributed by atoms with Gasteiger partial charge in [-0.05, 0) is 37.5 Å². The Balaban J connectivity index is 1.90. The number of ether oxygens (including phenoxy) is 1. The molecule has 2 aromatic rings. The fraction of sp³-hybridized carbons (Fsp3) is 0.375. The highest BCUT2D eigenvalue weighted by Gasteiger charge is 2.34. The molecule has 0 spiro atoms. The number of methoxy groups -OCH3 is 1. The predicted octanol–water partition coefficient (Wildman–Crippen LogP) is 2.86. The van der Waals surface area contributed by atoms with E-state index in [9.17, 15) is 9.59 Å². The summed E-state index contributed by atoms with van der Waals surface area (Å²) >= 11 is 0. The second-order valence-electron chi connectivity index (χ2n) is 5.52. The van der Waals surface area contributed by atoms with Crippen molar-refractivity contribution in [1.29, 1.82) is 0 Å². The Hall–Kier alpha value is -2.30. The summed E-state index contributed by atoms with van der Waals surface area (Å²) in [5.74, 6) is -0.662. The number of carboxylic acid groups (broad SMARTS) is 1. The summed E-state index contributed by atoms with van der Waals surface area (Å²) in [7, 11) is 1.59. The molecule has 1 aromatic heterocycles. The van der Waals surface area contributed by atoms with Crippen LogP contribution < -0.4 is 4.74 Å². The quantitative estimate of drug-likeness (QED) is 0.847. The molecule has 3 rings (SSSR count). The zero-order valence-electron chi connectivity index (χ0n) is 11.8. The first-order valence-corrected chi connectivity index (χ1v) is 7.02. The van der Waals surface area contributed by atoms with Gasteiger partial charge >= 0.3 is 5.97 Å². The summed E-state index contributed by atoms with van der Waals surface area (Å²) in [6.07, 6.45) is 3.37. The van der Waals surface area contributed by atoms with Crippen LogP contribution in [0.15, 0.2) is 24.4 Å². The average molecular weight is 287 g/mol.